The van der Waals surface area contributed by atoms with E-state index in [1.807, 2.05) is 79.3 Å². The van der Waals surface area contributed by atoms with E-state index < -0.39 is 0 Å². The molecule has 0 aliphatic heterocycles. The van der Waals surface area contributed by atoms with Crippen molar-refractivity contribution in [3.63, 3.8) is 0 Å². The van der Waals surface area contributed by atoms with Crippen molar-refractivity contribution >= 4 is 11.6 Å². The number of carbonyl (C=O) groups is 1. The van der Waals surface area contributed by atoms with Gasteiger partial charge in [0, 0.05) is 29.3 Å². The molecule has 3 heteroatoms. The van der Waals surface area contributed by atoms with Crippen LogP contribution in [-0.2, 0) is 0 Å². The summed E-state index contributed by atoms with van der Waals surface area (Å²) in [6.07, 6.45) is 3.95. The van der Waals surface area contributed by atoms with E-state index in [4.69, 9.17) is 0 Å². The van der Waals surface area contributed by atoms with Gasteiger partial charge in [-0.05, 0) is 73.5 Å². The molecule has 0 aliphatic carbocycles. The quantitative estimate of drug-likeness (QED) is 0.764. The second-order valence-electron chi connectivity index (χ2n) is 5.47. The van der Waals surface area contributed by atoms with E-state index in [2.05, 4.69) is 11.4 Å². The number of nitrogens with one attached hydrogen (secondary N) is 1. The molecule has 110 valence electrons. The van der Waals surface area contributed by atoms with Gasteiger partial charge in [0.2, 0.25) is 0 Å². The van der Waals surface area contributed by atoms with Crippen molar-refractivity contribution in [1.29, 1.82) is 0 Å². The predicted octanol–water partition coefficient (Wildman–Crippen LogP) is 4.35. The Kier molecular flexibility index (Phi) is 3.79. The van der Waals surface area contributed by atoms with Crippen LogP contribution in [0.25, 0.3) is 5.69 Å². The first-order chi connectivity index (χ1) is 10.6. The molecule has 0 spiro atoms. The smallest absolute Gasteiger partial charge is 0.255 e. The van der Waals surface area contributed by atoms with Crippen molar-refractivity contribution in [2.45, 2.75) is 13.8 Å². The minimum absolute atomic E-state index is 0.0935. The van der Waals surface area contributed by atoms with Gasteiger partial charge in [0.05, 0.1) is 0 Å². The van der Waals surface area contributed by atoms with Crippen LogP contribution >= 0.6 is 0 Å². The van der Waals surface area contributed by atoms with Crippen molar-refractivity contribution < 1.29 is 4.79 Å². The van der Waals surface area contributed by atoms with Gasteiger partial charge in [0.15, 0.2) is 0 Å². The summed E-state index contributed by atoms with van der Waals surface area (Å²) in [4.78, 5) is 12.3. The van der Waals surface area contributed by atoms with Gasteiger partial charge in [-0.15, -0.1) is 0 Å². The first-order valence-corrected chi connectivity index (χ1v) is 7.25. The first-order valence-electron chi connectivity index (χ1n) is 7.25. The van der Waals surface area contributed by atoms with E-state index >= 15 is 0 Å². The topological polar surface area (TPSA) is 34.0 Å². The highest BCUT2D eigenvalue weighted by Gasteiger charge is 2.07. The number of hydrogen-bond donors (Lipinski definition) is 1. The molecule has 2 aromatic carbocycles. The van der Waals surface area contributed by atoms with Crippen molar-refractivity contribution in [2.75, 3.05) is 5.32 Å². The summed E-state index contributed by atoms with van der Waals surface area (Å²) in [5.74, 6) is -0.0935. The number of hydrogen-bond acceptors (Lipinski definition) is 1. The summed E-state index contributed by atoms with van der Waals surface area (Å²) in [5, 5.41) is 2.95. The number of rotatable bonds is 3. The number of carbonyl (C=O) groups excluding carboxylic acids is 1. The van der Waals surface area contributed by atoms with Gasteiger partial charge in [-0.3, -0.25) is 4.79 Å². The molecule has 0 saturated heterocycles. The van der Waals surface area contributed by atoms with Gasteiger partial charge in [-0.25, -0.2) is 0 Å². The van der Waals surface area contributed by atoms with Gasteiger partial charge in [0.1, 0.15) is 0 Å². The molecule has 1 aromatic heterocycles. The summed E-state index contributed by atoms with van der Waals surface area (Å²) in [6, 6.07) is 17.5. The third-order valence-corrected chi connectivity index (χ3v) is 3.51. The lowest BCUT2D eigenvalue weighted by Crippen LogP contribution is -2.12. The van der Waals surface area contributed by atoms with E-state index in [1.165, 1.54) is 0 Å². The Bertz CT molecular complexity index is 767. The van der Waals surface area contributed by atoms with E-state index in [-0.39, 0.29) is 5.91 Å². The highest BCUT2D eigenvalue weighted by molar-refractivity contribution is 6.04. The zero-order chi connectivity index (χ0) is 15.5. The lowest BCUT2D eigenvalue weighted by Gasteiger charge is -2.08. The highest BCUT2D eigenvalue weighted by atomic mass is 16.1. The van der Waals surface area contributed by atoms with Crippen LogP contribution in [0.2, 0.25) is 0 Å². The van der Waals surface area contributed by atoms with Crippen LogP contribution in [0.4, 0.5) is 5.69 Å². The van der Waals surface area contributed by atoms with Crippen LogP contribution in [0.5, 0.6) is 0 Å². The zero-order valence-corrected chi connectivity index (χ0v) is 12.7. The molecular formula is C19H18N2O. The largest absolute Gasteiger partial charge is 0.324 e. The fourth-order valence-electron chi connectivity index (χ4n) is 2.54. The maximum Gasteiger partial charge on any atom is 0.255 e. The molecule has 0 fully saturated rings. The van der Waals surface area contributed by atoms with Crippen LogP contribution in [-0.4, -0.2) is 10.5 Å². The second kappa shape index (κ2) is 5.90. The highest BCUT2D eigenvalue weighted by Crippen LogP contribution is 2.16. The summed E-state index contributed by atoms with van der Waals surface area (Å²) in [5.41, 5.74) is 4.79. The van der Waals surface area contributed by atoms with E-state index in [1.54, 1.807) is 0 Å². The molecule has 0 unspecified atom stereocenters. The van der Waals surface area contributed by atoms with E-state index in [0.717, 1.165) is 22.5 Å². The molecule has 0 atom stereocenters. The second-order valence-corrected chi connectivity index (χ2v) is 5.47. The number of aromatic nitrogens is 1. The number of benzene rings is 2. The molecule has 1 amide bonds. The molecule has 22 heavy (non-hydrogen) atoms. The van der Waals surface area contributed by atoms with Crippen LogP contribution in [0.3, 0.4) is 0 Å². The maximum atomic E-state index is 12.3. The van der Waals surface area contributed by atoms with E-state index in [9.17, 15) is 4.79 Å². The summed E-state index contributed by atoms with van der Waals surface area (Å²) >= 11 is 0. The number of aryl methyl sites for hydroxylation is 2. The summed E-state index contributed by atoms with van der Waals surface area (Å²) in [6.45, 7) is 4.04. The Morgan fingerprint density at radius 3 is 2.09 bits per heavy atom. The van der Waals surface area contributed by atoms with Crippen LogP contribution < -0.4 is 5.32 Å². The first kappa shape index (κ1) is 14.1. The number of nitrogens with zero attached hydrogens (tertiary/aromatic N) is 1. The minimum atomic E-state index is -0.0935. The molecule has 0 radical (unpaired) electrons. The van der Waals surface area contributed by atoms with Gasteiger partial charge >= 0.3 is 0 Å². The monoisotopic (exact) mass is 290 g/mol. The fraction of sp³-hybridized carbons (Fsp3) is 0.105. The molecule has 1 N–H and O–H groups in total. The molecule has 0 bridgehead atoms. The van der Waals surface area contributed by atoms with Crippen LogP contribution in [0.1, 0.15) is 21.5 Å². The minimum Gasteiger partial charge on any atom is -0.324 e. The molecule has 1 heterocycles. The third-order valence-electron chi connectivity index (χ3n) is 3.51. The van der Waals surface area contributed by atoms with Crippen molar-refractivity contribution in [3.05, 3.63) is 83.7 Å². The Labute approximate surface area is 130 Å². The average molecular weight is 290 g/mol. The van der Waals surface area contributed by atoms with Gasteiger partial charge in [-0.2, -0.15) is 0 Å². The SMILES string of the molecule is Cc1cc(C)cc(NC(=O)c2ccc(-n3cccc3)cc2)c1. The molecule has 0 saturated carbocycles. The normalized spacial score (nSPS) is 10.5. The van der Waals surface area contributed by atoms with Crippen molar-refractivity contribution in [2.24, 2.45) is 0 Å². The zero-order valence-electron chi connectivity index (χ0n) is 12.7. The van der Waals surface area contributed by atoms with Crippen molar-refractivity contribution in [1.82, 2.24) is 4.57 Å². The number of amides is 1. The Hall–Kier alpha value is -2.81. The van der Waals surface area contributed by atoms with Crippen molar-refractivity contribution in [3.8, 4) is 5.69 Å². The van der Waals surface area contributed by atoms with Crippen LogP contribution in [0, 0.1) is 13.8 Å². The maximum absolute atomic E-state index is 12.3. The molecule has 3 nitrogen and oxygen atoms in total. The number of anilines is 1. The average Bonchev–Trinajstić information content (AvgIpc) is 3.00. The standard InChI is InChI=1S/C19H18N2O/c1-14-11-15(2)13-17(12-14)20-19(22)16-5-7-18(8-6-16)21-9-3-4-10-21/h3-13H,1-2H3,(H,20,22). The van der Waals surface area contributed by atoms with Gasteiger partial charge in [-0.1, -0.05) is 6.07 Å². The van der Waals surface area contributed by atoms with Gasteiger partial charge in [0.25, 0.3) is 5.91 Å². The Morgan fingerprint density at radius 2 is 1.50 bits per heavy atom. The molecule has 3 rings (SSSR count). The molecule has 3 aromatic rings. The fourth-order valence-corrected chi connectivity index (χ4v) is 2.54. The summed E-state index contributed by atoms with van der Waals surface area (Å²) in [7, 11) is 0. The lowest BCUT2D eigenvalue weighted by molar-refractivity contribution is 0.102. The van der Waals surface area contributed by atoms with E-state index in [0.29, 0.717) is 5.56 Å². The van der Waals surface area contributed by atoms with Gasteiger partial charge < -0.3 is 9.88 Å². The lowest BCUT2D eigenvalue weighted by atomic mass is 10.1. The molecule has 0 aliphatic rings. The van der Waals surface area contributed by atoms with Crippen LogP contribution in [0.15, 0.2) is 67.0 Å². The Balaban J connectivity index is 1.77. The third kappa shape index (κ3) is 3.09. The predicted molar refractivity (Wildman–Crippen MR) is 89.6 cm³/mol. The molecular weight excluding hydrogens is 272 g/mol. The Morgan fingerprint density at radius 1 is 0.909 bits per heavy atom. The summed E-state index contributed by atoms with van der Waals surface area (Å²) < 4.78 is 2.01.